The molecule has 0 N–H and O–H groups in total. The van der Waals surface area contributed by atoms with E-state index in [1.54, 1.807) is 0 Å². The van der Waals surface area contributed by atoms with Gasteiger partial charge in [-0.15, -0.1) is 0 Å². The Morgan fingerprint density at radius 2 is 0.554 bits per heavy atom. The molecule has 0 fully saturated rings. The maximum Gasteiger partial charge on any atom is 0.136 e. The van der Waals surface area contributed by atoms with Crippen LogP contribution in [-0.2, 0) is 6.42 Å². The highest BCUT2D eigenvalue weighted by molar-refractivity contribution is 6.16. The molecule has 0 aliphatic heterocycles. The summed E-state index contributed by atoms with van der Waals surface area (Å²) in [4.78, 5) is 0. The molecular weight excluding hydrogens is 1360 g/mol. The van der Waals surface area contributed by atoms with E-state index in [0.29, 0.717) is 0 Å². The maximum absolute atomic E-state index is 6.21. The summed E-state index contributed by atoms with van der Waals surface area (Å²) >= 11 is 0. The summed E-state index contributed by atoms with van der Waals surface area (Å²) in [6, 6.07) is 146. The summed E-state index contributed by atoms with van der Waals surface area (Å²) in [6.45, 7) is 0. The highest BCUT2D eigenvalue weighted by atomic mass is 16.3. The van der Waals surface area contributed by atoms with Gasteiger partial charge in [0.1, 0.15) is 11.2 Å². The van der Waals surface area contributed by atoms with Gasteiger partial charge in [0.15, 0.2) is 0 Å². The van der Waals surface area contributed by atoms with Crippen molar-refractivity contribution in [3.63, 3.8) is 0 Å². The molecule has 112 heavy (non-hydrogen) atoms. The molecule has 0 saturated carbocycles. The van der Waals surface area contributed by atoms with Gasteiger partial charge < -0.3 is 22.7 Å². The molecule has 18 aromatic carbocycles. The van der Waals surface area contributed by atoms with Gasteiger partial charge in [-0.3, -0.25) is 0 Å². The second kappa shape index (κ2) is 25.4. The summed E-state index contributed by atoms with van der Waals surface area (Å²) in [5, 5.41) is 14.8. The minimum atomic E-state index is 0.911. The first kappa shape index (κ1) is 63.3. The number of benzene rings is 18. The van der Waals surface area contributed by atoms with Crippen molar-refractivity contribution in [2.45, 2.75) is 6.42 Å². The smallest absolute Gasteiger partial charge is 0.136 e. The van der Waals surface area contributed by atoms with Gasteiger partial charge in [0, 0.05) is 76.3 Å². The van der Waals surface area contributed by atoms with Crippen molar-refractivity contribution in [3.8, 4) is 89.5 Å². The first-order valence-electron chi connectivity index (χ1n) is 38.6. The molecule has 0 spiro atoms. The highest BCUT2D eigenvalue weighted by Gasteiger charge is 2.24. The third kappa shape index (κ3) is 10.1. The molecule has 23 aromatic rings. The zero-order valence-corrected chi connectivity index (χ0v) is 61.0. The second-order valence-corrected chi connectivity index (χ2v) is 29.8. The standard InChI is InChI=1S/C54H34N2O.C53H34N2/c1-2-10-35(11-3-1)36-18-25-42(26-19-36)56-49-15-7-4-12-43(49)45-29-22-39(33-52(45)56)38-24-31-51-48(32-38)44-13-5-8-16-50(44)55(51)41-27-20-37(21-28-41)40-23-30-47-46-14-6-9-17-53(46)57-54(47)34-40;1-3-15-41-34(11-1)13-10-22-48(41)55-50-21-8-5-17-44(50)46-29-25-37(33-52(46)55)36-26-30-51-47(32-36)45-18-6-7-20-49(45)54(51)40-27-23-35(24-28-40)42-19-9-14-39-31-38-12-2-4-16-43(38)53(39)42/h1-34H;1-30,32-33H,31H2. The van der Waals surface area contributed by atoms with E-state index in [9.17, 15) is 0 Å². The molecule has 5 aromatic heterocycles. The van der Waals surface area contributed by atoms with E-state index in [1.165, 1.54) is 170 Å². The summed E-state index contributed by atoms with van der Waals surface area (Å²) in [5.41, 5.74) is 33.8. The van der Waals surface area contributed by atoms with Crippen LogP contribution in [0.2, 0.25) is 0 Å². The Balaban J connectivity index is 0.000000134. The molecule has 1 aliphatic rings. The SMILES string of the molecule is c1ccc(-c2ccc(-n3c4ccccc4c4ccc(-c5ccc6c(c5)c5ccccc5n6-c5ccc(-c6ccc7c(c6)oc6ccccc67)cc5)cc43)cc2)cc1.c1ccc2c(c1)Cc1cccc(-c3ccc(-n4c5ccccc5c5cc(-c6ccc7c8ccccc8n(-c8cccc9ccccc89)c7c6)ccc54)cc3)c1-2. The lowest BCUT2D eigenvalue weighted by Crippen LogP contribution is -1.95. The van der Waals surface area contributed by atoms with Crippen molar-refractivity contribution in [1.29, 1.82) is 0 Å². The lowest BCUT2D eigenvalue weighted by atomic mass is 9.94. The van der Waals surface area contributed by atoms with E-state index in [2.05, 4.69) is 407 Å². The van der Waals surface area contributed by atoms with E-state index in [0.717, 1.165) is 56.5 Å². The molecule has 0 amide bonds. The molecule has 522 valence electrons. The monoisotopic (exact) mass is 1420 g/mol. The van der Waals surface area contributed by atoms with E-state index < -0.39 is 0 Å². The number of nitrogens with zero attached hydrogens (tertiary/aromatic N) is 4. The number of para-hydroxylation sites is 5. The van der Waals surface area contributed by atoms with Crippen molar-refractivity contribution in [3.05, 3.63) is 412 Å². The van der Waals surface area contributed by atoms with Gasteiger partial charge in [0.2, 0.25) is 0 Å². The summed E-state index contributed by atoms with van der Waals surface area (Å²) < 4.78 is 15.9. The number of fused-ring (bicyclic) bond motifs is 19. The van der Waals surface area contributed by atoms with Crippen molar-refractivity contribution in [2.24, 2.45) is 0 Å². The van der Waals surface area contributed by atoms with Crippen LogP contribution in [0, 0.1) is 0 Å². The zero-order valence-electron chi connectivity index (χ0n) is 61.0. The normalized spacial score (nSPS) is 12.1. The number of furan rings is 1. The van der Waals surface area contributed by atoms with Gasteiger partial charge in [0.05, 0.1) is 49.8 Å². The summed E-state index contributed by atoms with van der Waals surface area (Å²) in [6.07, 6.45) is 1.00. The molecule has 5 heterocycles. The number of rotatable bonds is 9. The van der Waals surface area contributed by atoms with Gasteiger partial charge in [-0.1, -0.05) is 279 Å². The van der Waals surface area contributed by atoms with Crippen LogP contribution in [0.3, 0.4) is 0 Å². The fraction of sp³-hybridized carbons (Fsp3) is 0.00935. The van der Waals surface area contributed by atoms with Crippen LogP contribution >= 0.6 is 0 Å². The highest BCUT2D eigenvalue weighted by Crippen LogP contribution is 2.46. The van der Waals surface area contributed by atoms with Crippen molar-refractivity contribution >= 4 is 120 Å². The molecular formula is C107H68N4O. The number of hydrogen-bond acceptors (Lipinski definition) is 1. The molecule has 0 bridgehead atoms. The van der Waals surface area contributed by atoms with Crippen LogP contribution in [0.1, 0.15) is 11.1 Å². The van der Waals surface area contributed by atoms with Gasteiger partial charge in [0.25, 0.3) is 0 Å². The largest absolute Gasteiger partial charge is 0.456 e. The molecule has 0 atom stereocenters. The van der Waals surface area contributed by atoms with Gasteiger partial charge >= 0.3 is 0 Å². The molecule has 0 radical (unpaired) electrons. The Morgan fingerprint density at radius 1 is 0.188 bits per heavy atom. The quantitative estimate of drug-likeness (QED) is 0.142. The van der Waals surface area contributed by atoms with E-state index in [4.69, 9.17) is 4.42 Å². The molecule has 1 aliphatic carbocycles. The first-order valence-corrected chi connectivity index (χ1v) is 38.6. The van der Waals surface area contributed by atoms with Crippen molar-refractivity contribution in [1.82, 2.24) is 18.3 Å². The minimum absolute atomic E-state index is 0.911. The Morgan fingerprint density at radius 3 is 1.16 bits per heavy atom. The van der Waals surface area contributed by atoms with E-state index in [-0.39, 0.29) is 0 Å². The first-order chi connectivity index (χ1) is 55.5. The predicted molar refractivity (Wildman–Crippen MR) is 470 cm³/mol. The Bertz CT molecular complexity index is 7750. The predicted octanol–water partition coefficient (Wildman–Crippen LogP) is 28.7. The molecule has 24 rings (SSSR count). The third-order valence-corrected chi connectivity index (χ3v) is 23.7. The third-order valence-electron chi connectivity index (χ3n) is 23.7. The van der Waals surface area contributed by atoms with Crippen molar-refractivity contribution in [2.75, 3.05) is 0 Å². The van der Waals surface area contributed by atoms with Crippen LogP contribution in [0.15, 0.2) is 405 Å². The average molecular weight is 1430 g/mol. The average Bonchev–Trinajstić information content (AvgIpc) is 1.59. The Hall–Kier alpha value is -14.8. The summed E-state index contributed by atoms with van der Waals surface area (Å²) in [5.74, 6) is 0. The van der Waals surface area contributed by atoms with Crippen LogP contribution < -0.4 is 0 Å². The van der Waals surface area contributed by atoms with Gasteiger partial charge in [-0.2, -0.15) is 0 Å². The van der Waals surface area contributed by atoms with Crippen LogP contribution in [0.5, 0.6) is 0 Å². The van der Waals surface area contributed by atoms with Crippen LogP contribution in [0.25, 0.3) is 209 Å². The van der Waals surface area contributed by atoms with Crippen LogP contribution in [0.4, 0.5) is 0 Å². The summed E-state index contributed by atoms with van der Waals surface area (Å²) in [7, 11) is 0. The van der Waals surface area contributed by atoms with Crippen molar-refractivity contribution < 1.29 is 4.42 Å². The van der Waals surface area contributed by atoms with E-state index in [1.807, 2.05) is 12.1 Å². The van der Waals surface area contributed by atoms with Crippen LogP contribution in [-0.4, -0.2) is 18.3 Å². The Kier molecular flexibility index (Phi) is 14.4. The molecule has 5 heteroatoms. The topological polar surface area (TPSA) is 32.9 Å². The maximum atomic E-state index is 6.21. The fourth-order valence-electron chi connectivity index (χ4n) is 18.5. The zero-order chi connectivity index (χ0) is 73.5. The molecule has 0 saturated heterocycles. The number of hydrogen-bond donors (Lipinski definition) is 0. The second-order valence-electron chi connectivity index (χ2n) is 29.8. The number of aromatic nitrogens is 4. The fourth-order valence-corrected chi connectivity index (χ4v) is 18.5. The molecule has 0 unspecified atom stereocenters. The lowest BCUT2D eigenvalue weighted by molar-refractivity contribution is 0.669. The Labute approximate surface area is 645 Å². The van der Waals surface area contributed by atoms with Gasteiger partial charge in [-0.05, 0) is 211 Å². The van der Waals surface area contributed by atoms with E-state index >= 15 is 0 Å². The van der Waals surface area contributed by atoms with Gasteiger partial charge in [-0.25, -0.2) is 0 Å². The lowest BCUT2D eigenvalue weighted by Gasteiger charge is -2.13. The molecule has 5 nitrogen and oxygen atoms in total. The minimum Gasteiger partial charge on any atom is -0.456 e.